The van der Waals surface area contributed by atoms with Crippen LogP contribution in [-0.4, -0.2) is 34.4 Å². The van der Waals surface area contributed by atoms with Gasteiger partial charge in [-0.25, -0.2) is 4.98 Å². The summed E-state index contributed by atoms with van der Waals surface area (Å²) in [5.41, 5.74) is -2.64. The maximum absolute atomic E-state index is 13.6. The second-order valence-electron chi connectivity index (χ2n) is 5.51. The number of thioether (sulfide) groups is 1. The molecule has 0 amide bonds. The monoisotopic (exact) mass is 442 g/mol. The van der Waals surface area contributed by atoms with Crippen LogP contribution in [-0.2, 0) is 20.5 Å². The number of pyridine rings is 1. The Morgan fingerprint density at radius 2 is 2.07 bits per heavy atom. The second-order valence-corrected chi connectivity index (χ2v) is 7.56. The zero-order valence-electron chi connectivity index (χ0n) is 15.1. The fraction of sp³-hybridized carbons (Fsp3) is 0.278. The van der Waals surface area contributed by atoms with Crippen molar-refractivity contribution in [3.05, 3.63) is 45.3 Å². The summed E-state index contributed by atoms with van der Waals surface area (Å²) < 4.78 is 45.5. The first-order valence-corrected chi connectivity index (χ1v) is 9.80. The molecule has 0 saturated carbocycles. The number of ketones is 2. The molecule has 0 aliphatic rings. The van der Waals surface area contributed by atoms with Gasteiger partial charge in [0.15, 0.2) is 16.7 Å². The molecule has 152 valence electrons. The number of hydrogen-bond donors (Lipinski definition) is 0. The summed E-state index contributed by atoms with van der Waals surface area (Å²) in [6.07, 6.45) is -5.00. The molecule has 0 radical (unpaired) electrons. The zero-order chi connectivity index (χ0) is 21.8. The van der Waals surface area contributed by atoms with Gasteiger partial charge in [0.05, 0.1) is 22.6 Å². The quantitative estimate of drug-likeness (QED) is 0.278. The summed E-state index contributed by atoms with van der Waals surface area (Å²) in [5.74, 6) is -2.56. The molecule has 1 unspecified atom stereocenters. The number of ether oxygens (including phenoxy) is 1. The lowest BCUT2D eigenvalue weighted by atomic mass is 10.1. The molecule has 0 aliphatic carbocycles. The van der Waals surface area contributed by atoms with Crippen LogP contribution in [0.15, 0.2) is 28.6 Å². The summed E-state index contributed by atoms with van der Waals surface area (Å²) in [4.78, 5) is 39.7. The van der Waals surface area contributed by atoms with Gasteiger partial charge in [0.1, 0.15) is 11.1 Å². The Bertz CT molecular complexity index is 982. The summed E-state index contributed by atoms with van der Waals surface area (Å²) in [7, 11) is 0. The van der Waals surface area contributed by atoms with Gasteiger partial charge in [0, 0.05) is 0 Å². The second kappa shape index (κ2) is 9.19. The molecule has 2 aromatic heterocycles. The van der Waals surface area contributed by atoms with Gasteiger partial charge in [-0.2, -0.15) is 18.4 Å². The molecule has 2 heterocycles. The lowest BCUT2D eigenvalue weighted by molar-refractivity contribution is -0.144. The Hall–Kier alpha value is -2.71. The Labute approximate surface area is 171 Å². The van der Waals surface area contributed by atoms with E-state index in [2.05, 4.69) is 4.98 Å². The topological polar surface area (TPSA) is 97.1 Å². The van der Waals surface area contributed by atoms with Gasteiger partial charge >= 0.3 is 12.1 Å². The van der Waals surface area contributed by atoms with E-state index in [-0.39, 0.29) is 17.0 Å². The molecular formula is C18H13F3N2O4S2. The van der Waals surface area contributed by atoms with E-state index in [1.807, 2.05) is 0 Å². The molecule has 0 bridgehead atoms. The third-order valence-electron chi connectivity index (χ3n) is 3.47. The molecule has 0 aliphatic heterocycles. The average Bonchev–Trinajstić information content (AvgIpc) is 3.18. The first-order valence-electron chi connectivity index (χ1n) is 8.04. The minimum Gasteiger partial charge on any atom is -0.465 e. The maximum Gasteiger partial charge on any atom is 0.434 e. The number of rotatable bonds is 7. The van der Waals surface area contributed by atoms with Gasteiger partial charge in [0.2, 0.25) is 5.78 Å². The van der Waals surface area contributed by atoms with E-state index < -0.39 is 45.2 Å². The smallest absolute Gasteiger partial charge is 0.434 e. The third-order valence-corrected chi connectivity index (χ3v) is 5.63. The van der Waals surface area contributed by atoms with Crippen LogP contribution in [0.3, 0.4) is 0 Å². The van der Waals surface area contributed by atoms with E-state index in [9.17, 15) is 32.8 Å². The van der Waals surface area contributed by atoms with Gasteiger partial charge in [-0.3, -0.25) is 14.4 Å². The molecule has 0 spiro atoms. The van der Waals surface area contributed by atoms with E-state index in [4.69, 9.17) is 4.74 Å². The van der Waals surface area contributed by atoms with E-state index in [1.165, 1.54) is 24.4 Å². The first-order chi connectivity index (χ1) is 13.6. The molecule has 0 N–H and O–H groups in total. The number of hydrogen-bond acceptors (Lipinski definition) is 8. The SMILES string of the molecule is CCOC(=O)C(Sc1nc(C(F)(F)F)c(C(=O)c2cccs2)cc1C#N)C(C)=O. The molecule has 6 nitrogen and oxygen atoms in total. The van der Waals surface area contributed by atoms with Crippen molar-refractivity contribution in [2.24, 2.45) is 0 Å². The first kappa shape index (κ1) is 22.6. The maximum atomic E-state index is 13.6. The predicted octanol–water partition coefficient (Wildman–Crippen LogP) is 3.88. The number of carbonyl (C=O) groups is 3. The van der Waals surface area contributed by atoms with Crippen LogP contribution in [0.25, 0.3) is 0 Å². The molecule has 2 aromatic rings. The normalized spacial score (nSPS) is 12.1. The number of thiophene rings is 1. The average molecular weight is 442 g/mol. The van der Waals surface area contributed by atoms with Crippen LogP contribution in [0.4, 0.5) is 13.2 Å². The van der Waals surface area contributed by atoms with Crippen molar-refractivity contribution in [1.82, 2.24) is 4.98 Å². The third kappa shape index (κ3) is 5.21. The Morgan fingerprint density at radius 1 is 1.38 bits per heavy atom. The van der Waals surface area contributed by atoms with Gasteiger partial charge in [-0.1, -0.05) is 17.8 Å². The molecular weight excluding hydrogens is 429 g/mol. The lowest BCUT2D eigenvalue weighted by Gasteiger charge is -2.16. The summed E-state index contributed by atoms with van der Waals surface area (Å²) in [6.45, 7) is 2.54. The molecule has 2 rings (SSSR count). The van der Waals surface area contributed by atoms with Crippen molar-refractivity contribution in [3.63, 3.8) is 0 Å². The summed E-state index contributed by atoms with van der Waals surface area (Å²) in [6, 6.07) is 5.31. The fourth-order valence-corrected chi connectivity index (χ4v) is 3.83. The van der Waals surface area contributed by atoms with Crippen LogP contribution >= 0.6 is 23.1 Å². The highest BCUT2D eigenvalue weighted by molar-refractivity contribution is 8.01. The van der Waals surface area contributed by atoms with Gasteiger partial charge < -0.3 is 4.74 Å². The number of carbonyl (C=O) groups excluding carboxylic acids is 3. The van der Waals surface area contributed by atoms with Crippen molar-refractivity contribution in [3.8, 4) is 6.07 Å². The Balaban J connectivity index is 2.60. The molecule has 11 heteroatoms. The summed E-state index contributed by atoms with van der Waals surface area (Å²) in [5, 5.41) is 8.89. The lowest BCUT2D eigenvalue weighted by Crippen LogP contribution is -2.27. The number of nitriles is 1. The number of esters is 1. The van der Waals surface area contributed by atoms with Crippen LogP contribution in [0, 0.1) is 11.3 Å². The van der Waals surface area contributed by atoms with Gasteiger partial charge in [-0.05, 0) is 31.4 Å². The van der Waals surface area contributed by atoms with E-state index in [0.717, 1.165) is 24.3 Å². The zero-order valence-corrected chi connectivity index (χ0v) is 16.7. The van der Waals surface area contributed by atoms with Crippen molar-refractivity contribution in [2.45, 2.75) is 30.3 Å². The van der Waals surface area contributed by atoms with Crippen LogP contribution in [0.1, 0.15) is 40.3 Å². The minimum absolute atomic E-state index is 0.0379. The largest absolute Gasteiger partial charge is 0.465 e. The minimum atomic E-state index is -5.00. The van der Waals surface area contributed by atoms with Crippen molar-refractivity contribution in [2.75, 3.05) is 6.61 Å². The molecule has 0 saturated heterocycles. The number of aromatic nitrogens is 1. The molecule has 29 heavy (non-hydrogen) atoms. The number of alkyl halides is 3. The van der Waals surface area contributed by atoms with E-state index in [1.54, 1.807) is 6.07 Å². The van der Waals surface area contributed by atoms with Crippen molar-refractivity contribution in [1.29, 1.82) is 5.26 Å². The van der Waals surface area contributed by atoms with Crippen LogP contribution in [0.2, 0.25) is 0 Å². The predicted molar refractivity (Wildman–Crippen MR) is 98.7 cm³/mol. The Morgan fingerprint density at radius 3 is 2.55 bits per heavy atom. The van der Waals surface area contributed by atoms with Crippen LogP contribution < -0.4 is 0 Å². The van der Waals surface area contributed by atoms with Gasteiger partial charge in [-0.15, -0.1) is 11.3 Å². The molecule has 1 atom stereocenters. The molecule has 0 fully saturated rings. The number of halogens is 3. The Kier molecular flexibility index (Phi) is 7.16. The number of nitrogens with zero attached hydrogens (tertiary/aromatic N) is 2. The van der Waals surface area contributed by atoms with E-state index >= 15 is 0 Å². The highest BCUT2D eigenvalue weighted by atomic mass is 32.2. The van der Waals surface area contributed by atoms with Crippen LogP contribution in [0.5, 0.6) is 0 Å². The van der Waals surface area contributed by atoms with Gasteiger partial charge in [0.25, 0.3) is 0 Å². The standard InChI is InChI=1S/C18H13F3N2O4S2/c1-3-27-17(26)14(9(2)24)29-16-10(8-22)7-11(15(23-16)18(19,20)21)13(25)12-5-4-6-28-12/h4-7,14H,3H2,1-2H3. The molecule has 0 aromatic carbocycles. The highest BCUT2D eigenvalue weighted by Crippen LogP contribution is 2.36. The van der Waals surface area contributed by atoms with Crippen molar-refractivity contribution < 1.29 is 32.3 Å². The summed E-state index contributed by atoms with van der Waals surface area (Å²) >= 11 is 1.33. The highest BCUT2D eigenvalue weighted by Gasteiger charge is 2.39. The van der Waals surface area contributed by atoms with E-state index in [0.29, 0.717) is 11.8 Å². The fourth-order valence-electron chi connectivity index (χ4n) is 2.22. The number of Topliss-reactive ketones (excluding diaryl/α,β-unsaturated/α-hetero) is 1. The van der Waals surface area contributed by atoms with Crippen molar-refractivity contribution >= 4 is 40.6 Å².